The normalized spacial score (nSPS) is 20.2. The van der Waals surface area contributed by atoms with Gasteiger partial charge >= 0.3 is 5.82 Å². The van der Waals surface area contributed by atoms with Crippen molar-refractivity contribution in [3.8, 4) is 0 Å². The van der Waals surface area contributed by atoms with Crippen LogP contribution in [0.25, 0.3) is 0 Å². The van der Waals surface area contributed by atoms with Crippen molar-refractivity contribution in [2.75, 3.05) is 13.1 Å². The first-order valence-corrected chi connectivity index (χ1v) is 10.1. The average molecular weight is 403 g/mol. The van der Waals surface area contributed by atoms with Crippen LogP contribution >= 0.6 is 11.3 Å². The lowest BCUT2D eigenvalue weighted by Crippen LogP contribution is -2.42. The smallest absolute Gasteiger partial charge is 0.355 e. The molecule has 0 bridgehead atoms. The van der Waals surface area contributed by atoms with E-state index in [9.17, 15) is 19.7 Å². The molecule has 2 aliphatic rings. The summed E-state index contributed by atoms with van der Waals surface area (Å²) in [4.78, 5) is 38.8. The molecule has 1 spiro atoms. The van der Waals surface area contributed by atoms with E-state index in [1.54, 1.807) is 23.2 Å². The minimum Gasteiger partial charge on any atom is -0.358 e. The Bertz CT molecular complexity index is 901. The molecule has 2 fully saturated rings. The lowest BCUT2D eigenvalue weighted by atomic mass is 9.92. The van der Waals surface area contributed by atoms with Gasteiger partial charge in [-0.1, -0.05) is 5.10 Å². The van der Waals surface area contributed by atoms with Crippen molar-refractivity contribution in [3.63, 3.8) is 0 Å². The molecule has 2 amide bonds. The molecule has 10 heteroatoms. The minimum atomic E-state index is -0.627. The van der Waals surface area contributed by atoms with Gasteiger partial charge in [0.25, 0.3) is 5.91 Å². The van der Waals surface area contributed by atoms with Crippen LogP contribution in [0, 0.1) is 15.5 Å². The Hall–Kier alpha value is -2.75. The number of piperidine rings is 1. The van der Waals surface area contributed by atoms with Gasteiger partial charge in [0.05, 0.1) is 6.20 Å². The van der Waals surface area contributed by atoms with E-state index < -0.39 is 4.92 Å². The van der Waals surface area contributed by atoms with Crippen molar-refractivity contribution in [1.29, 1.82) is 0 Å². The summed E-state index contributed by atoms with van der Waals surface area (Å²) < 4.78 is 0. The molecule has 3 heterocycles. The zero-order valence-electron chi connectivity index (χ0n) is 15.5. The van der Waals surface area contributed by atoms with Gasteiger partial charge in [0, 0.05) is 32.6 Å². The molecule has 1 saturated carbocycles. The van der Waals surface area contributed by atoms with Crippen molar-refractivity contribution < 1.29 is 14.5 Å². The predicted octanol–water partition coefficient (Wildman–Crippen LogP) is 2.42. The van der Waals surface area contributed by atoms with E-state index >= 15 is 0 Å². The molecule has 0 radical (unpaired) electrons. The number of nitrogens with zero attached hydrogens (tertiary/aromatic N) is 4. The van der Waals surface area contributed by atoms with Crippen molar-refractivity contribution in [2.45, 2.75) is 38.8 Å². The van der Waals surface area contributed by atoms with Crippen LogP contribution in [0.3, 0.4) is 0 Å². The Labute approximate surface area is 165 Å². The van der Waals surface area contributed by atoms with E-state index in [0.717, 1.165) is 24.8 Å². The van der Waals surface area contributed by atoms with Crippen molar-refractivity contribution in [3.05, 3.63) is 44.3 Å². The fourth-order valence-corrected chi connectivity index (χ4v) is 4.88. The zero-order chi connectivity index (χ0) is 19.9. The van der Waals surface area contributed by atoms with Gasteiger partial charge in [0.1, 0.15) is 0 Å². The van der Waals surface area contributed by atoms with Crippen LogP contribution in [0.15, 0.2) is 23.0 Å². The minimum absolute atomic E-state index is 0.00360. The van der Waals surface area contributed by atoms with Gasteiger partial charge < -0.3 is 19.9 Å². The first kappa shape index (κ1) is 18.6. The summed E-state index contributed by atoms with van der Waals surface area (Å²) >= 11 is 1.62. The summed E-state index contributed by atoms with van der Waals surface area (Å²) in [7, 11) is 0. The van der Waals surface area contributed by atoms with Crippen LogP contribution in [-0.4, -0.2) is 55.9 Å². The van der Waals surface area contributed by atoms with E-state index in [4.69, 9.17) is 0 Å². The molecule has 1 unspecified atom stereocenters. The number of aromatic amines is 1. The van der Waals surface area contributed by atoms with Gasteiger partial charge in [0.15, 0.2) is 5.56 Å². The van der Waals surface area contributed by atoms with Crippen molar-refractivity contribution in [1.82, 2.24) is 20.0 Å². The first-order chi connectivity index (χ1) is 13.4. The second kappa shape index (κ2) is 7.01. The molecular weight excluding hydrogens is 382 g/mol. The lowest BCUT2D eigenvalue weighted by molar-refractivity contribution is -0.389. The lowest BCUT2D eigenvalue weighted by Gasteiger charge is -2.34. The Morgan fingerprint density at radius 3 is 2.82 bits per heavy atom. The Balaban J connectivity index is 1.40. The SMILES string of the molecule is CC(=O)N(Cc1ccsc1)C1CC12CCN(C(=O)c1cn[nH]c1[N+](=O)[O-])CC2. The Morgan fingerprint density at radius 2 is 2.21 bits per heavy atom. The third-order valence-corrected chi connectivity index (χ3v) is 6.67. The third-order valence-electron chi connectivity index (χ3n) is 5.94. The number of carbonyl (C=O) groups is 2. The topological polar surface area (TPSA) is 112 Å². The molecule has 1 saturated heterocycles. The number of nitro groups is 1. The number of nitrogens with one attached hydrogen (secondary N) is 1. The van der Waals surface area contributed by atoms with E-state index in [-0.39, 0.29) is 34.7 Å². The monoisotopic (exact) mass is 403 g/mol. The van der Waals surface area contributed by atoms with E-state index in [1.807, 2.05) is 16.3 Å². The van der Waals surface area contributed by atoms with Crippen LogP contribution in [0.5, 0.6) is 0 Å². The zero-order valence-corrected chi connectivity index (χ0v) is 16.3. The molecule has 9 nitrogen and oxygen atoms in total. The highest BCUT2D eigenvalue weighted by atomic mass is 32.1. The molecule has 1 aliphatic carbocycles. The van der Waals surface area contributed by atoms with Gasteiger partial charge in [-0.05, 0) is 52.0 Å². The van der Waals surface area contributed by atoms with Gasteiger partial charge in [-0.2, -0.15) is 11.3 Å². The molecule has 1 atom stereocenters. The van der Waals surface area contributed by atoms with Gasteiger partial charge in [-0.15, -0.1) is 5.10 Å². The first-order valence-electron chi connectivity index (χ1n) is 9.16. The quantitative estimate of drug-likeness (QED) is 0.609. The number of hydrogen-bond acceptors (Lipinski definition) is 6. The van der Waals surface area contributed by atoms with Crippen LogP contribution in [0.2, 0.25) is 0 Å². The highest BCUT2D eigenvalue weighted by molar-refractivity contribution is 7.07. The maximum absolute atomic E-state index is 12.7. The van der Waals surface area contributed by atoms with Crippen molar-refractivity contribution in [2.24, 2.45) is 5.41 Å². The molecule has 4 rings (SSSR count). The molecule has 28 heavy (non-hydrogen) atoms. The fourth-order valence-electron chi connectivity index (χ4n) is 4.23. The number of rotatable bonds is 5. The predicted molar refractivity (Wildman–Crippen MR) is 102 cm³/mol. The molecule has 2 aromatic heterocycles. The Kier molecular flexibility index (Phi) is 4.66. The third kappa shape index (κ3) is 3.28. The van der Waals surface area contributed by atoms with E-state index in [1.165, 1.54) is 6.20 Å². The molecule has 1 N–H and O–H groups in total. The van der Waals surface area contributed by atoms with Gasteiger partial charge in [-0.3, -0.25) is 9.59 Å². The van der Waals surface area contributed by atoms with Crippen molar-refractivity contribution >= 4 is 29.0 Å². The van der Waals surface area contributed by atoms with Gasteiger partial charge in [0.2, 0.25) is 5.91 Å². The van der Waals surface area contributed by atoms with Gasteiger partial charge in [-0.25, -0.2) is 0 Å². The maximum atomic E-state index is 12.7. The second-order valence-corrected chi connectivity index (χ2v) is 8.32. The van der Waals surface area contributed by atoms with Crippen LogP contribution in [0.1, 0.15) is 42.1 Å². The van der Waals surface area contributed by atoms with E-state index in [2.05, 4.69) is 15.6 Å². The number of carbonyl (C=O) groups excluding carboxylic acids is 2. The summed E-state index contributed by atoms with van der Waals surface area (Å²) in [6.45, 7) is 3.29. The molecule has 148 valence electrons. The standard InChI is InChI=1S/C18H21N5O4S/c1-12(24)22(10-13-2-7-28-11-13)15-8-18(15)3-5-21(6-4-18)17(25)14-9-19-20-16(14)23(26)27/h2,7,9,11,15H,3-6,8,10H2,1H3,(H,19,20). The number of thiophene rings is 1. The largest absolute Gasteiger partial charge is 0.358 e. The number of amides is 2. The molecule has 2 aromatic rings. The summed E-state index contributed by atoms with van der Waals surface area (Å²) in [6, 6.07) is 2.24. The molecule has 1 aliphatic heterocycles. The number of H-pyrrole nitrogens is 1. The number of aromatic nitrogens is 2. The van der Waals surface area contributed by atoms with Crippen LogP contribution < -0.4 is 0 Å². The average Bonchev–Trinajstić information content (AvgIpc) is 3.09. The summed E-state index contributed by atoms with van der Waals surface area (Å²) in [5, 5.41) is 21.0. The fraction of sp³-hybridized carbons (Fsp3) is 0.500. The number of hydrogen-bond donors (Lipinski definition) is 1. The highest BCUT2D eigenvalue weighted by Crippen LogP contribution is 2.57. The number of likely N-dealkylation sites (tertiary alicyclic amines) is 1. The molecular formula is C18H21N5O4S. The summed E-state index contributed by atoms with van der Waals surface area (Å²) in [5.41, 5.74) is 1.19. The highest BCUT2D eigenvalue weighted by Gasteiger charge is 2.58. The summed E-state index contributed by atoms with van der Waals surface area (Å²) in [6.07, 6.45) is 3.75. The molecule has 0 aromatic carbocycles. The van der Waals surface area contributed by atoms with Crippen LogP contribution in [-0.2, 0) is 11.3 Å². The summed E-state index contributed by atoms with van der Waals surface area (Å²) in [5.74, 6) is -0.664. The maximum Gasteiger partial charge on any atom is 0.355 e. The Morgan fingerprint density at radius 1 is 1.46 bits per heavy atom. The second-order valence-electron chi connectivity index (χ2n) is 7.54. The van der Waals surface area contributed by atoms with Crippen LogP contribution in [0.4, 0.5) is 5.82 Å². The van der Waals surface area contributed by atoms with E-state index in [0.29, 0.717) is 19.6 Å².